The van der Waals surface area contributed by atoms with E-state index in [1.165, 1.54) is 4.90 Å². The van der Waals surface area contributed by atoms with Crippen LogP contribution in [0.5, 0.6) is 0 Å². The first kappa shape index (κ1) is 34.8. The summed E-state index contributed by atoms with van der Waals surface area (Å²) in [7, 11) is 1.61. The van der Waals surface area contributed by atoms with Crippen LogP contribution in [0.3, 0.4) is 0 Å². The largest absolute Gasteiger partial charge is 0.451 e. The van der Waals surface area contributed by atoms with E-state index >= 15 is 0 Å². The second kappa shape index (κ2) is 18.9. The van der Waals surface area contributed by atoms with Gasteiger partial charge in [0.15, 0.2) is 6.10 Å². The minimum absolute atomic E-state index is 0.0241. The number of hydrogen-bond donors (Lipinski definition) is 3. The molecule has 3 unspecified atom stereocenters. The first-order valence-corrected chi connectivity index (χ1v) is 14.8. The number of ether oxygens (including phenoxy) is 1. The predicted molar refractivity (Wildman–Crippen MR) is 159 cm³/mol. The predicted octanol–water partition coefficient (Wildman–Crippen LogP) is 4.03. The molecule has 232 valence electrons. The Morgan fingerprint density at radius 2 is 1.67 bits per heavy atom. The second-order valence-electron chi connectivity index (χ2n) is 10.8. The lowest BCUT2D eigenvalue weighted by molar-refractivity contribution is -0.161. The molecule has 0 spiro atoms. The highest BCUT2D eigenvalue weighted by atomic mass is 19.1. The number of nitrogens with one attached hydrogen (secondary N) is 1. The highest BCUT2D eigenvalue weighted by Gasteiger charge is 2.32. The third-order valence-corrected chi connectivity index (χ3v) is 7.00. The van der Waals surface area contributed by atoms with Gasteiger partial charge in [0.25, 0.3) is 5.91 Å². The van der Waals surface area contributed by atoms with Gasteiger partial charge in [-0.2, -0.15) is 0 Å². The van der Waals surface area contributed by atoms with E-state index in [0.717, 1.165) is 49.4 Å². The Bertz CT molecular complexity index is 1120. The van der Waals surface area contributed by atoms with Crippen LogP contribution >= 0.6 is 0 Å². The molecule has 0 saturated carbocycles. The fraction of sp³-hybridized carbons (Fsp3) is 0.531. The van der Waals surface area contributed by atoms with Gasteiger partial charge in [0, 0.05) is 39.0 Å². The van der Waals surface area contributed by atoms with E-state index in [-0.39, 0.29) is 37.3 Å². The molecule has 2 rings (SSSR count). The zero-order valence-electron chi connectivity index (χ0n) is 24.8. The van der Waals surface area contributed by atoms with Crippen LogP contribution < -0.4 is 16.8 Å². The van der Waals surface area contributed by atoms with Crippen LogP contribution in [0.1, 0.15) is 69.4 Å². The standard InChI is InChI=1S/C32H46F2N4O4/c1-3-4-5-6-10-14-30(40)42-31(28(36)19-23-12-8-7-9-13-23)32(41)38(2)18-11-17-37-29(39)22-26(35)21-24-20-25(33)15-16-27(24)34/h7-9,12-13,15-16,20,26,28,31H,3-6,10-11,14,17-19,21-22,35-36H2,1-2H3,(H,37,39). The molecule has 2 aromatic carbocycles. The lowest BCUT2D eigenvalue weighted by atomic mass is 10.0. The van der Waals surface area contributed by atoms with Gasteiger partial charge in [-0.1, -0.05) is 62.9 Å². The van der Waals surface area contributed by atoms with Crippen molar-refractivity contribution in [1.29, 1.82) is 0 Å². The lowest BCUT2D eigenvalue weighted by Crippen LogP contribution is -2.50. The van der Waals surface area contributed by atoms with Crippen LogP contribution in [-0.4, -0.2) is 61.0 Å². The van der Waals surface area contributed by atoms with Crippen LogP contribution in [0.4, 0.5) is 8.78 Å². The number of benzene rings is 2. The van der Waals surface area contributed by atoms with Crippen LogP contribution in [0.2, 0.25) is 0 Å². The van der Waals surface area contributed by atoms with Gasteiger partial charge in [0.05, 0.1) is 6.04 Å². The molecule has 0 radical (unpaired) electrons. The molecule has 0 bridgehead atoms. The first-order chi connectivity index (χ1) is 20.1. The second-order valence-corrected chi connectivity index (χ2v) is 10.8. The minimum atomic E-state index is -1.13. The van der Waals surface area contributed by atoms with Gasteiger partial charge in [-0.05, 0) is 55.0 Å². The maximum atomic E-state index is 13.8. The van der Waals surface area contributed by atoms with Crippen LogP contribution in [-0.2, 0) is 32.0 Å². The van der Waals surface area contributed by atoms with Crippen molar-refractivity contribution < 1.29 is 27.9 Å². The fourth-order valence-corrected chi connectivity index (χ4v) is 4.62. The van der Waals surface area contributed by atoms with E-state index in [0.29, 0.717) is 25.8 Å². The number of likely N-dealkylation sites (N-methyl/N-ethyl adjacent to an activating group) is 1. The Labute approximate surface area is 248 Å². The summed E-state index contributed by atoms with van der Waals surface area (Å²) in [4.78, 5) is 39.7. The van der Waals surface area contributed by atoms with Crippen molar-refractivity contribution in [1.82, 2.24) is 10.2 Å². The van der Waals surface area contributed by atoms with Gasteiger partial charge in [-0.3, -0.25) is 14.4 Å². The van der Waals surface area contributed by atoms with Gasteiger partial charge in [-0.15, -0.1) is 0 Å². The summed E-state index contributed by atoms with van der Waals surface area (Å²) in [6.45, 7) is 2.69. The molecule has 2 amide bonds. The van der Waals surface area contributed by atoms with E-state index in [2.05, 4.69) is 12.2 Å². The molecule has 0 saturated heterocycles. The molecular formula is C32H46F2N4O4. The molecule has 3 atom stereocenters. The molecule has 0 heterocycles. The normalized spacial score (nSPS) is 13.2. The van der Waals surface area contributed by atoms with E-state index in [4.69, 9.17) is 16.2 Å². The monoisotopic (exact) mass is 588 g/mol. The molecule has 8 nitrogen and oxygen atoms in total. The number of esters is 1. The zero-order chi connectivity index (χ0) is 30.9. The summed E-state index contributed by atoms with van der Waals surface area (Å²) in [6.07, 6.45) is 4.77. The number of rotatable bonds is 19. The third kappa shape index (κ3) is 13.1. The number of amides is 2. The summed E-state index contributed by atoms with van der Waals surface area (Å²) in [5.41, 5.74) is 13.4. The maximum absolute atomic E-state index is 13.8. The number of carbonyl (C=O) groups excluding carboxylic acids is 3. The maximum Gasteiger partial charge on any atom is 0.306 e. The summed E-state index contributed by atoms with van der Waals surface area (Å²) in [5, 5.41) is 2.74. The number of hydrogen-bond acceptors (Lipinski definition) is 6. The molecule has 5 N–H and O–H groups in total. The average molecular weight is 589 g/mol. The van der Waals surface area contributed by atoms with Crippen molar-refractivity contribution in [2.24, 2.45) is 11.5 Å². The Balaban J connectivity index is 1.84. The number of halogens is 2. The Morgan fingerprint density at radius 3 is 2.38 bits per heavy atom. The molecule has 0 aromatic heterocycles. The van der Waals surface area contributed by atoms with Crippen molar-refractivity contribution in [2.45, 2.75) is 89.3 Å². The van der Waals surface area contributed by atoms with Gasteiger partial charge >= 0.3 is 5.97 Å². The Kier molecular flexibility index (Phi) is 15.7. The highest BCUT2D eigenvalue weighted by Crippen LogP contribution is 2.14. The molecular weight excluding hydrogens is 542 g/mol. The Hall–Kier alpha value is -3.37. The molecule has 0 aliphatic carbocycles. The molecule has 0 aliphatic heterocycles. The molecule has 42 heavy (non-hydrogen) atoms. The summed E-state index contributed by atoms with van der Waals surface area (Å²) < 4.78 is 32.9. The minimum Gasteiger partial charge on any atom is -0.451 e. The topological polar surface area (TPSA) is 128 Å². The van der Waals surface area contributed by atoms with Crippen molar-refractivity contribution in [3.05, 3.63) is 71.3 Å². The van der Waals surface area contributed by atoms with E-state index < -0.39 is 41.7 Å². The number of nitrogens with zero attached hydrogens (tertiary/aromatic N) is 1. The van der Waals surface area contributed by atoms with Crippen LogP contribution in [0.25, 0.3) is 0 Å². The third-order valence-electron chi connectivity index (χ3n) is 7.00. The lowest BCUT2D eigenvalue weighted by Gasteiger charge is -2.28. The van der Waals surface area contributed by atoms with E-state index in [1.807, 2.05) is 30.3 Å². The van der Waals surface area contributed by atoms with Crippen LogP contribution in [0, 0.1) is 11.6 Å². The van der Waals surface area contributed by atoms with Crippen LogP contribution in [0.15, 0.2) is 48.5 Å². The van der Waals surface area contributed by atoms with Gasteiger partial charge in [-0.25, -0.2) is 8.78 Å². The van der Waals surface area contributed by atoms with Gasteiger partial charge < -0.3 is 26.4 Å². The number of unbranched alkanes of at least 4 members (excludes halogenated alkanes) is 4. The van der Waals surface area contributed by atoms with Crippen molar-refractivity contribution in [2.75, 3.05) is 20.1 Å². The first-order valence-electron chi connectivity index (χ1n) is 14.8. The van der Waals surface area contributed by atoms with Crippen molar-refractivity contribution in [3.8, 4) is 0 Å². The highest BCUT2D eigenvalue weighted by molar-refractivity contribution is 5.84. The van der Waals surface area contributed by atoms with Crippen molar-refractivity contribution >= 4 is 17.8 Å². The molecule has 0 aliphatic rings. The smallest absolute Gasteiger partial charge is 0.306 e. The summed E-state index contributed by atoms with van der Waals surface area (Å²) >= 11 is 0. The van der Waals surface area contributed by atoms with E-state index in [1.54, 1.807) is 7.05 Å². The Morgan fingerprint density at radius 1 is 0.952 bits per heavy atom. The fourth-order valence-electron chi connectivity index (χ4n) is 4.62. The van der Waals surface area contributed by atoms with Crippen molar-refractivity contribution in [3.63, 3.8) is 0 Å². The summed E-state index contributed by atoms with van der Waals surface area (Å²) in [6, 6.07) is 11.2. The van der Waals surface area contributed by atoms with E-state index in [9.17, 15) is 23.2 Å². The zero-order valence-corrected chi connectivity index (χ0v) is 24.8. The quantitative estimate of drug-likeness (QED) is 0.168. The summed E-state index contributed by atoms with van der Waals surface area (Å²) in [5.74, 6) is -2.31. The van der Waals surface area contributed by atoms with Gasteiger partial charge in [0.2, 0.25) is 5.91 Å². The average Bonchev–Trinajstić information content (AvgIpc) is 2.95. The molecule has 2 aromatic rings. The number of nitrogens with two attached hydrogens (primary N) is 2. The molecule has 0 fully saturated rings. The SMILES string of the molecule is CCCCCCCC(=O)OC(C(=O)N(C)CCCNC(=O)CC(N)Cc1cc(F)ccc1F)C(N)Cc1ccccc1. The molecule has 10 heteroatoms. The number of carbonyl (C=O) groups is 3. The van der Waals surface area contributed by atoms with Gasteiger partial charge in [0.1, 0.15) is 11.6 Å².